The quantitative estimate of drug-likeness (QED) is 0.0618. The molecule has 38 heavy (non-hydrogen) atoms. The van der Waals surface area contributed by atoms with Crippen molar-refractivity contribution in [1.82, 2.24) is 0 Å². The monoisotopic (exact) mass is 532 g/mol. The van der Waals surface area contributed by atoms with E-state index in [1.165, 1.54) is 77.0 Å². The summed E-state index contributed by atoms with van der Waals surface area (Å²) < 4.78 is 5.81. The Morgan fingerprint density at radius 3 is 1.76 bits per heavy atom. The number of carbonyl (C=O) groups is 2. The summed E-state index contributed by atoms with van der Waals surface area (Å²) in [5, 5.41) is 8.78. The van der Waals surface area contributed by atoms with Crippen molar-refractivity contribution in [3.63, 3.8) is 0 Å². The van der Waals surface area contributed by atoms with E-state index >= 15 is 0 Å². The van der Waals surface area contributed by atoms with Gasteiger partial charge in [-0.1, -0.05) is 108 Å². The Labute approximate surface area is 235 Å². The third-order valence-corrected chi connectivity index (χ3v) is 6.82. The summed E-state index contributed by atoms with van der Waals surface area (Å²) in [5.41, 5.74) is 0. The first-order valence-electron chi connectivity index (χ1n) is 16.0. The molecule has 0 heterocycles. The lowest BCUT2D eigenvalue weighted by Crippen LogP contribution is -2.16. The van der Waals surface area contributed by atoms with E-state index in [0.29, 0.717) is 12.8 Å². The number of ether oxygens (including phenoxy) is 1. The number of rotatable bonds is 28. The summed E-state index contributed by atoms with van der Waals surface area (Å²) in [7, 11) is 0. The topological polar surface area (TPSA) is 63.6 Å². The van der Waals surface area contributed by atoms with Crippen LogP contribution in [0.2, 0.25) is 0 Å². The van der Waals surface area contributed by atoms with Gasteiger partial charge in [-0.25, -0.2) is 0 Å². The smallest absolute Gasteiger partial charge is 0.306 e. The zero-order chi connectivity index (χ0) is 27.9. The van der Waals surface area contributed by atoms with Crippen molar-refractivity contribution in [3.8, 4) is 0 Å². The van der Waals surface area contributed by atoms with Gasteiger partial charge in [0.1, 0.15) is 6.10 Å². The molecule has 0 spiro atoms. The first kappa shape index (κ1) is 36.2. The minimum absolute atomic E-state index is 0.0911. The van der Waals surface area contributed by atoms with Crippen LogP contribution >= 0.6 is 0 Å². The van der Waals surface area contributed by atoms with Gasteiger partial charge in [-0.05, 0) is 76.7 Å². The fraction of sp³-hybridized carbons (Fsp3) is 0.765. The van der Waals surface area contributed by atoms with Gasteiger partial charge in [0.15, 0.2) is 0 Å². The molecule has 0 aromatic carbocycles. The molecule has 0 fully saturated rings. The number of hydrogen-bond donors (Lipinski definition) is 1. The number of unbranched alkanes of at least 4 members (excludes halogenated alkanes) is 15. The summed E-state index contributed by atoms with van der Waals surface area (Å²) in [6.45, 7) is 4.47. The second kappa shape index (κ2) is 29.7. The highest BCUT2D eigenvalue weighted by atomic mass is 16.5. The molecular weight excluding hydrogens is 472 g/mol. The molecule has 0 saturated carbocycles. The molecule has 1 N–H and O–H groups in total. The Hall–Kier alpha value is -1.84. The fourth-order valence-corrected chi connectivity index (χ4v) is 4.42. The average molecular weight is 533 g/mol. The first-order valence-corrected chi connectivity index (χ1v) is 16.0. The van der Waals surface area contributed by atoms with Crippen molar-refractivity contribution in [3.05, 3.63) is 36.5 Å². The van der Waals surface area contributed by atoms with Crippen LogP contribution in [0.3, 0.4) is 0 Å². The molecule has 0 rings (SSSR count). The Bertz CT molecular complexity index is 620. The number of allylic oxidation sites excluding steroid dienone is 5. The van der Waals surface area contributed by atoms with Gasteiger partial charge in [0.25, 0.3) is 0 Å². The molecule has 1 unspecified atom stereocenters. The van der Waals surface area contributed by atoms with Crippen molar-refractivity contribution < 1.29 is 19.4 Å². The van der Waals surface area contributed by atoms with Gasteiger partial charge in [-0.15, -0.1) is 0 Å². The Balaban J connectivity index is 4.13. The molecule has 0 saturated heterocycles. The molecule has 220 valence electrons. The van der Waals surface area contributed by atoms with Crippen LogP contribution in [-0.4, -0.2) is 23.1 Å². The van der Waals surface area contributed by atoms with Crippen LogP contribution in [-0.2, 0) is 14.3 Å². The lowest BCUT2D eigenvalue weighted by Gasteiger charge is -2.14. The van der Waals surface area contributed by atoms with E-state index in [2.05, 4.69) is 44.2 Å². The molecule has 0 aromatic heterocycles. The summed E-state index contributed by atoms with van der Waals surface area (Å²) in [4.78, 5) is 23.1. The van der Waals surface area contributed by atoms with Gasteiger partial charge in [0, 0.05) is 12.8 Å². The zero-order valence-electron chi connectivity index (χ0n) is 25.0. The van der Waals surface area contributed by atoms with Gasteiger partial charge in [0.2, 0.25) is 0 Å². The predicted molar refractivity (Wildman–Crippen MR) is 162 cm³/mol. The summed E-state index contributed by atoms with van der Waals surface area (Å²) >= 11 is 0. The summed E-state index contributed by atoms with van der Waals surface area (Å²) in [6.07, 6.45) is 37.3. The normalized spacial score (nSPS) is 12.7. The molecule has 0 aliphatic rings. The number of aliphatic carboxylic acids is 1. The Kier molecular flexibility index (Phi) is 28.3. The average Bonchev–Trinajstić information content (AvgIpc) is 2.89. The minimum Gasteiger partial charge on any atom is -0.481 e. The van der Waals surface area contributed by atoms with E-state index in [4.69, 9.17) is 9.84 Å². The molecular formula is C34H60O4. The van der Waals surface area contributed by atoms with Crippen LogP contribution in [0.1, 0.15) is 162 Å². The van der Waals surface area contributed by atoms with Crippen molar-refractivity contribution in [2.24, 2.45) is 0 Å². The van der Waals surface area contributed by atoms with Crippen LogP contribution in [0.25, 0.3) is 0 Å². The Morgan fingerprint density at radius 1 is 0.605 bits per heavy atom. The third-order valence-electron chi connectivity index (χ3n) is 6.82. The first-order chi connectivity index (χ1) is 18.6. The summed E-state index contributed by atoms with van der Waals surface area (Å²) in [5.74, 6) is -0.820. The molecule has 4 nitrogen and oxygen atoms in total. The molecule has 0 aliphatic heterocycles. The molecule has 0 aliphatic carbocycles. The Morgan fingerprint density at radius 2 is 1.11 bits per heavy atom. The SMILES string of the molecule is CCCCC/C=C\C/C=C\C(CCCCCCC(=O)O)OC(=O)CCCCCCC/C=C\CCCCCC. The number of hydrogen-bond acceptors (Lipinski definition) is 3. The number of carboxylic acid groups (broad SMARTS) is 1. The molecule has 4 heteroatoms. The predicted octanol–water partition coefficient (Wildman–Crippen LogP) is 10.7. The van der Waals surface area contributed by atoms with Crippen molar-refractivity contribution >= 4 is 11.9 Å². The molecule has 0 amide bonds. The van der Waals surface area contributed by atoms with E-state index in [1.54, 1.807) is 0 Å². The second-order valence-electron chi connectivity index (χ2n) is 10.6. The highest BCUT2D eigenvalue weighted by molar-refractivity contribution is 5.69. The van der Waals surface area contributed by atoms with E-state index in [-0.39, 0.29) is 18.5 Å². The van der Waals surface area contributed by atoms with Gasteiger partial charge in [-0.2, -0.15) is 0 Å². The van der Waals surface area contributed by atoms with Gasteiger partial charge < -0.3 is 9.84 Å². The standard InChI is InChI=1S/C34H60O4/c1-3-5-7-9-11-13-14-15-16-17-19-21-27-31-34(37)38-32(29-25-22-23-26-30-33(35)36)28-24-20-18-12-10-8-6-4-2/h12-14,18,24,28,32H,3-11,15-17,19-23,25-27,29-31H2,1-2H3,(H,35,36)/b14-13-,18-12-,28-24-. The van der Waals surface area contributed by atoms with Gasteiger partial charge >= 0.3 is 11.9 Å². The lowest BCUT2D eigenvalue weighted by molar-refractivity contribution is -0.147. The number of carboxylic acids is 1. The third kappa shape index (κ3) is 28.7. The van der Waals surface area contributed by atoms with Crippen molar-refractivity contribution in [1.29, 1.82) is 0 Å². The number of esters is 1. The largest absolute Gasteiger partial charge is 0.481 e. The molecule has 0 bridgehead atoms. The lowest BCUT2D eigenvalue weighted by atomic mass is 10.1. The highest BCUT2D eigenvalue weighted by Gasteiger charge is 2.11. The van der Waals surface area contributed by atoms with Crippen LogP contribution < -0.4 is 0 Å². The highest BCUT2D eigenvalue weighted by Crippen LogP contribution is 2.14. The van der Waals surface area contributed by atoms with Crippen molar-refractivity contribution in [2.75, 3.05) is 0 Å². The van der Waals surface area contributed by atoms with E-state index < -0.39 is 5.97 Å². The second-order valence-corrected chi connectivity index (χ2v) is 10.6. The van der Waals surface area contributed by atoms with Crippen LogP contribution in [0, 0.1) is 0 Å². The van der Waals surface area contributed by atoms with Crippen LogP contribution in [0.4, 0.5) is 0 Å². The van der Waals surface area contributed by atoms with Crippen LogP contribution in [0.15, 0.2) is 36.5 Å². The maximum Gasteiger partial charge on any atom is 0.306 e. The van der Waals surface area contributed by atoms with E-state index in [1.807, 2.05) is 6.08 Å². The maximum atomic E-state index is 12.5. The minimum atomic E-state index is -0.729. The van der Waals surface area contributed by atoms with Crippen LogP contribution in [0.5, 0.6) is 0 Å². The molecule has 1 atom stereocenters. The van der Waals surface area contributed by atoms with Gasteiger partial charge in [-0.3, -0.25) is 9.59 Å². The number of carbonyl (C=O) groups excluding carboxylic acids is 1. The molecule has 0 aromatic rings. The van der Waals surface area contributed by atoms with Crippen molar-refractivity contribution in [2.45, 2.75) is 168 Å². The van der Waals surface area contributed by atoms with E-state index in [9.17, 15) is 9.59 Å². The fourth-order valence-electron chi connectivity index (χ4n) is 4.42. The van der Waals surface area contributed by atoms with E-state index in [0.717, 1.165) is 51.4 Å². The maximum absolute atomic E-state index is 12.5. The van der Waals surface area contributed by atoms with Gasteiger partial charge in [0.05, 0.1) is 0 Å². The zero-order valence-corrected chi connectivity index (χ0v) is 25.0. The molecule has 0 radical (unpaired) electrons. The summed E-state index contributed by atoms with van der Waals surface area (Å²) in [6, 6.07) is 0.